The summed E-state index contributed by atoms with van der Waals surface area (Å²) in [7, 11) is -2.99. The molecule has 0 bridgehead atoms. The molecule has 1 aromatic rings. The topological polar surface area (TPSA) is 70.6 Å². The van der Waals surface area contributed by atoms with E-state index >= 15 is 0 Å². The Balaban J connectivity index is 0.00000576. The number of thioether (sulfide) groups is 1. The van der Waals surface area contributed by atoms with Gasteiger partial charge in [-0.25, -0.2) is 13.4 Å². The van der Waals surface area contributed by atoms with E-state index < -0.39 is 9.84 Å². The smallest absolute Gasteiger partial charge is 0.191 e. The number of sulfone groups is 1. The molecule has 0 amide bonds. The zero-order valence-electron chi connectivity index (χ0n) is 15.2. The molecular formula is C17H30IN3O2S2. The summed E-state index contributed by atoms with van der Waals surface area (Å²) in [6.45, 7) is 4.35. The summed E-state index contributed by atoms with van der Waals surface area (Å²) < 4.78 is 22.6. The molecule has 2 N–H and O–H groups in total. The highest BCUT2D eigenvalue weighted by Crippen LogP contribution is 2.08. The highest BCUT2D eigenvalue weighted by Gasteiger charge is 2.04. The Morgan fingerprint density at radius 3 is 2.32 bits per heavy atom. The van der Waals surface area contributed by atoms with Crippen LogP contribution in [-0.2, 0) is 22.1 Å². The van der Waals surface area contributed by atoms with Gasteiger partial charge in [-0.3, -0.25) is 0 Å². The first-order chi connectivity index (χ1) is 11.4. The van der Waals surface area contributed by atoms with Crippen LogP contribution in [0.5, 0.6) is 0 Å². The highest BCUT2D eigenvalue weighted by atomic mass is 127. The van der Waals surface area contributed by atoms with E-state index in [1.165, 1.54) is 18.4 Å². The Kier molecular flexibility index (Phi) is 13.4. The highest BCUT2D eigenvalue weighted by molar-refractivity contribution is 14.0. The van der Waals surface area contributed by atoms with Crippen molar-refractivity contribution in [3.63, 3.8) is 0 Å². The Morgan fingerprint density at radius 1 is 1.12 bits per heavy atom. The van der Waals surface area contributed by atoms with Crippen LogP contribution in [0.15, 0.2) is 29.3 Å². The second-order valence-corrected chi connectivity index (χ2v) is 8.83. The molecule has 5 nitrogen and oxygen atoms in total. The Bertz CT molecular complexity index is 605. The van der Waals surface area contributed by atoms with Crippen molar-refractivity contribution >= 4 is 51.5 Å². The summed E-state index contributed by atoms with van der Waals surface area (Å²) in [6.07, 6.45) is 5.71. The van der Waals surface area contributed by atoms with E-state index in [-0.39, 0.29) is 29.7 Å². The lowest BCUT2D eigenvalue weighted by Crippen LogP contribution is -2.37. The van der Waals surface area contributed by atoms with Gasteiger partial charge in [0.15, 0.2) is 15.8 Å². The Morgan fingerprint density at radius 2 is 1.76 bits per heavy atom. The molecule has 0 aliphatic carbocycles. The second kappa shape index (κ2) is 13.7. The van der Waals surface area contributed by atoms with Crippen LogP contribution in [0.25, 0.3) is 0 Å². The average molecular weight is 499 g/mol. The summed E-state index contributed by atoms with van der Waals surface area (Å²) in [5, 5.41) is 6.58. The van der Waals surface area contributed by atoms with Crippen LogP contribution < -0.4 is 10.6 Å². The summed E-state index contributed by atoms with van der Waals surface area (Å²) in [6, 6.07) is 7.58. The Hall–Kier alpha value is -0.480. The van der Waals surface area contributed by atoms with Gasteiger partial charge < -0.3 is 10.6 Å². The number of hydrogen-bond acceptors (Lipinski definition) is 4. The predicted octanol–water partition coefficient (Wildman–Crippen LogP) is 3.05. The molecule has 0 aliphatic rings. The number of aliphatic imine (C=N–C) groups is 1. The first-order valence-corrected chi connectivity index (χ1v) is 11.7. The fourth-order valence-electron chi connectivity index (χ4n) is 2.13. The van der Waals surface area contributed by atoms with Gasteiger partial charge in [-0.15, -0.1) is 24.0 Å². The van der Waals surface area contributed by atoms with Crippen molar-refractivity contribution in [1.29, 1.82) is 0 Å². The minimum atomic E-state index is -2.99. The van der Waals surface area contributed by atoms with Crippen LogP contribution in [-0.4, -0.2) is 45.7 Å². The fourth-order valence-corrected chi connectivity index (χ4v) is 3.42. The Labute approximate surface area is 173 Å². The molecule has 1 rings (SSSR count). The van der Waals surface area contributed by atoms with Crippen LogP contribution in [0, 0.1) is 0 Å². The number of unbranched alkanes of at least 4 members (excludes halogenated alkanes) is 1. The molecule has 0 heterocycles. The lowest BCUT2D eigenvalue weighted by molar-refractivity contribution is 0.601. The minimum Gasteiger partial charge on any atom is -0.357 e. The van der Waals surface area contributed by atoms with Crippen molar-refractivity contribution < 1.29 is 8.42 Å². The van der Waals surface area contributed by atoms with E-state index in [9.17, 15) is 8.42 Å². The maximum absolute atomic E-state index is 11.3. The van der Waals surface area contributed by atoms with Crippen molar-refractivity contribution in [2.24, 2.45) is 4.99 Å². The molecule has 144 valence electrons. The first-order valence-electron chi connectivity index (χ1n) is 8.21. The van der Waals surface area contributed by atoms with Gasteiger partial charge >= 0.3 is 0 Å². The van der Waals surface area contributed by atoms with E-state index in [2.05, 4.69) is 21.9 Å². The molecule has 0 saturated carbocycles. The molecule has 8 heteroatoms. The molecule has 0 aliphatic heterocycles. The fraction of sp³-hybridized carbons (Fsp3) is 0.588. The van der Waals surface area contributed by atoms with Crippen molar-refractivity contribution in [1.82, 2.24) is 10.6 Å². The largest absolute Gasteiger partial charge is 0.357 e. The van der Waals surface area contributed by atoms with E-state index in [0.29, 0.717) is 6.54 Å². The first kappa shape index (κ1) is 24.5. The minimum absolute atomic E-state index is 0. The maximum Gasteiger partial charge on any atom is 0.191 e. The molecule has 0 saturated heterocycles. The molecule has 1 aromatic carbocycles. The number of halogens is 1. The van der Waals surface area contributed by atoms with Crippen molar-refractivity contribution in [2.45, 2.75) is 32.1 Å². The molecule has 0 atom stereocenters. The molecule has 0 unspecified atom stereocenters. The maximum atomic E-state index is 11.3. The molecule has 0 spiro atoms. The molecule has 0 radical (unpaired) electrons. The third-order valence-electron chi connectivity index (χ3n) is 3.28. The van der Waals surface area contributed by atoms with Gasteiger partial charge in [0.05, 0.1) is 12.3 Å². The van der Waals surface area contributed by atoms with Crippen molar-refractivity contribution in [3.8, 4) is 0 Å². The van der Waals surface area contributed by atoms with Gasteiger partial charge in [-0.05, 0) is 42.9 Å². The monoisotopic (exact) mass is 499 g/mol. The second-order valence-electron chi connectivity index (χ2n) is 5.71. The van der Waals surface area contributed by atoms with Crippen LogP contribution >= 0.6 is 35.7 Å². The number of nitrogens with one attached hydrogen (secondary N) is 2. The summed E-state index contributed by atoms with van der Waals surface area (Å²) in [5.74, 6) is 2.09. The van der Waals surface area contributed by atoms with Crippen LogP contribution in [0.1, 0.15) is 30.9 Å². The van der Waals surface area contributed by atoms with E-state index in [1.54, 1.807) is 0 Å². The molecular weight excluding hydrogens is 469 g/mol. The standard InChI is InChI=1S/C17H29N3O2S2.HI/c1-4-18-17(19-11-5-6-12-23-2)20-13-15-7-9-16(10-8-15)14-24(3,21)22;/h7-10H,4-6,11-14H2,1-3H3,(H2,18,19,20);1H. The molecule has 0 aromatic heterocycles. The van der Waals surface area contributed by atoms with E-state index in [0.717, 1.165) is 36.6 Å². The third kappa shape index (κ3) is 12.5. The number of benzene rings is 1. The van der Waals surface area contributed by atoms with Crippen molar-refractivity contribution in [2.75, 3.05) is 31.4 Å². The van der Waals surface area contributed by atoms with Crippen molar-refractivity contribution in [3.05, 3.63) is 35.4 Å². The van der Waals surface area contributed by atoms with Gasteiger partial charge in [-0.1, -0.05) is 24.3 Å². The molecule has 25 heavy (non-hydrogen) atoms. The summed E-state index contributed by atoms with van der Waals surface area (Å²) in [4.78, 5) is 4.58. The van der Waals surface area contributed by atoms with Crippen LogP contribution in [0.4, 0.5) is 0 Å². The average Bonchev–Trinajstić information content (AvgIpc) is 2.52. The van der Waals surface area contributed by atoms with E-state index in [1.807, 2.05) is 43.0 Å². The van der Waals surface area contributed by atoms with Gasteiger partial charge in [-0.2, -0.15) is 11.8 Å². The lowest BCUT2D eigenvalue weighted by atomic mass is 10.1. The number of guanidine groups is 1. The lowest BCUT2D eigenvalue weighted by Gasteiger charge is -2.11. The number of nitrogens with zero attached hydrogens (tertiary/aromatic N) is 1. The van der Waals surface area contributed by atoms with Crippen LogP contribution in [0.3, 0.4) is 0 Å². The van der Waals surface area contributed by atoms with Gasteiger partial charge in [0.25, 0.3) is 0 Å². The normalized spacial score (nSPS) is 11.7. The van der Waals surface area contributed by atoms with Gasteiger partial charge in [0.2, 0.25) is 0 Å². The summed E-state index contributed by atoms with van der Waals surface area (Å²) >= 11 is 1.87. The predicted molar refractivity (Wildman–Crippen MR) is 121 cm³/mol. The number of rotatable bonds is 10. The quantitative estimate of drug-likeness (QED) is 0.224. The van der Waals surface area contributed by atoms with Gasteiger partial charge in [0, 0.05) is 19.3 Å². The summed E-state index contributed by atoms with van der Waals surface area (Å²) in [5.41, 5.74) is 1.87. The zero-order chi connectivity index (χ0) is 17.8. The zero-order valence-corrected chi connectivity index (χ0v) is 19.2. The van der Waals surface area contributed by atoms with Gasteiger partial charge in [0.1, 0.15) is 0 Å². The van der Waals surface area contributed by atoms with E-state index in [4.69, 9.17) is 0 Å². The third-order valence-corrected chi connectivity index (χ3v) is 4.84. The SMILES string of the molecule is CCNC(=NCc1ccc(CS(C)(=O)=O)cc1)NCCCCSC.I. The molecule has 0 fully saturated rings. The van der Waals surface area contributed by atoms with Crippen LogP contribution in [0.2, 0.25) is 0 Å². The number of hydrogen-bond donors (Lipinski definition) is 2.